The first-order valence-electron chi connectivity index (χ1n) is 11.5. The summed E-state index contributed by atoms with van der Waals surface area (Å²) in [5.74, 6) is -0.643. The molecule has 0 radical (unpaired) electrons. The maximum absolute atomic E-state index is 13.2. The average molecular weight is 481 g/mol. The number of amides is 3. The van der Waals surface area contributed by atoms with E-state index in [-0.39, 0.29) is 35.2 Å². The van der Waals surface area contributed by atoms with E-state index >= 15 is 0 Å². The summed E-state index contributed by atoms with van der Waals surface area (Å²) in [6.07, 6.45) is 6.12. The molecule has 0 spiro atoms. The molecule has 5 rings (SSSR count). The number of hydrogen-bond donors (Lipinski definition) is 2. The van der Waals surface area contributed by atoms with Gasteiger partial charge in [0.25, 0.3) is 5.91 Å². The van der Waals surface area contributed by atoms with Gasteiger partial charge < -0.3 is 20.0 Å². The van der Waals surface area contributed by atoms with E-state index in [4.69, 9.17) is 16.0 Å². The van der Waals surface area contributed by atoms with Crippen LogP contribution < -0.4 is 10.6 Å². The summed E-state index contributed by atoms with van der Waals surface area (Å²) in [5.41, 5.74) is 1.66. The minimum atomic E-state index is -0.494. The van der Waals surface area contributed by atoms with Gasteiger partial charge in [-0.3, -0.25) is 19.4 Å². The molecular formula is C25H25ClN4O4. The first-order chi connectivity index (χ1) is 16.5. The van der Waals surface area contributed by atoms with Crippen LogP contribution in [0.2, 0.25) is 5.02 Å². The van der Waals surface area contributed by atoms with Crippen LogP contribution in [0.15, 0.2) is 47.0 Å². The standard InChI is InChI=1S/C25H25ClN4O4/c26-16-7-9-17(10-8-16)28-25(33)23-22(21-19(34-23)3-1-13-27-21)29-24(32)15-5-11-18(12-6-15)30-14-2-4-20(30)31/h1,3,7-10,13,15,18H,2,4-6,11-12,14H2,(H,28,33)(H,29,32). The molecule has 1 aromatic carbocycles. The lowest BCUT2D eigenvalue weighted by molar-refractivity contribution is -0.130. The van der Waals surface area contributed by atoms with Crippen molar-refractivity contribution in [2.75, 3.05) is 17.2 Å². The molecule has 1 saturated heterocycles. The summed E-state index contributed by atoms with van der Waals surface area (Å²) in [7, 11) is 0. The molecule has 2 aromatic heterocycles. The molecular weight excluding hydrogens is 456 g/mol. The number of nitrogens with one attached hydrogen (secondary N) is 2. The highest BCUT2D eigenvalue weighted by molar-refractivity contribution is 6.30. The van der Waals surface area contributed by atoms with E-state index in [2.05, 4.69) is 15.6 Å². The van der Waals surface area contributed by atoms with Crippen molar-refractivity contribution in [1.29, 1.82) is 0 Å². The van der Waals surface area contributed by atoms with Crippen LogP contribution in [-0.4, -0.2) is 40.2 Å². The summed E-state index contributed by atoms with van der Waals surface area (Å²) < 4.78 is 5.78. The number of halogens is 1. The normalized spacial score (nSPS) is 20.5. The van der Waals surface area contributed by atoms with E-state index in [1.54, 1.807) is 42.6 Å². The third-order valence-corrected chi connectivity index (χ3v) is 6.87. The van der Waals surface area contributed by atoms with E-state index in [1.165, 1.54) is 0 Å². The van der Waals surface area contributed by atoms with Gasteiger partial charge in [-0.1, -0.05) is 11.6 Å². The molecule has 3 aromatic rings. The van der Waals surface area contributed by atoms with Gasteiger partial charge in [0.05, 0.1) is 0 Å². The van der Waals surface area contributed by atoms with E-state index in [9.17, 15) is 14.4 Å². The average Bonchev–Trinajstić information content (AvgIpc) is 3.44. The lowest BCUT2D eigenvalue weighted by atomic mass is 9.84. The number of rotatable bonds is 5. The van der Waals surface area contributed by atoms with Crippen molar-refractivity contribution in [2.24, 2.45) is 5.92 Å². The molecule has 0 atom stereocenters. The molecule has 3 amide bonds. The number of nitrogens with zero attached hydrogens (tertiary/aromatic N) is 2. The van der Waals surface area contributed by atoms with Crippen molar-refractivity contribution in [1.82, 2.24) is 9.88 Å². The maximum atomic E-state index is 13.2. The third kappa shape index (κ3) is 4.50. The Morgan fingerprint density at radius 3 is 2.53 bits per heavy atom. The van der Waals surface area contributed by atoms with Crippen LogP contribution in [0.3, 0.4) is 0 Å². The second-order valence-electron chi connectivity index (χ2n) is 8.80. The second kappa shape index (κ2) is 9.46. The molecule has 1 saturated carbocycles. The summed E-state index contributed by atoms with van der Waals surface area (Å²) in [6.45, 7) is 0.819. The molecule has 2 N–H and O–H groups in total. The zero-order valence-electron chi connectivity index (χ0n) is 18.6. The molecule has 2 aliphatic rings. The Morgan fingerprint density at radius 2 is 1.82 bits per heavy atom. The minimum absolute atomic E-state index is 0.00616. The number of hydrogen-bond acceptors (Lipinski definition) is 5. The zero-order valence-corrected chi connectivity index (χ0v) is 19.3. The number of benzene rings is 1. The summed E-state index contributed by atoms with van der Waals surface area (Å²) >= 11 is 5.92. The minimum Gasteiger partial charge on any atom is -0.447 e. The van der Waals surface area contributed by atoms with Crippen LogP contribution in [0, 0.1) is 5.92 Å². The predicted octanol–water partition coefficient (Wildman–Crippen LogP) is 4.85. The topological polar surface area (TPSA) is 105 Å². The van der Waals surface area contributed by atoms with Crippen molar-refractivity contribution in [3.8, 4) is 0 Å². The number of aromatic nitrogens is 1. The van der Waals surface area contributed by atoms with Gasteiger partial charge in [-0.05, 0) is 68.5 Å². The van der Waals surface area contributed by atoms with E-state index in [0.29, 0.717) is 41.1 Å². The van der Waals surface area contributed by atoms with Crippen LogP contribution in [-0.2, 0) is 9.59 Å². The second-order valence-corrected chi connectivity index (χ2v) is 9.24. The Labute approximate surface area is 201 Å². The Morgan fingerprint density at radius 1 is 1.06 bits per heavy atom. The van der Waals surface area contributed by atoms with Gasteiger partial charge in [0.15, 0.2) is 5.58 Å². The van der Waals surface area contributed by atoms with Gasteiger partial charge in [0, 0.05) is 41.8 Å². The van der Waals surface area contributed by atoms with Gasteiger partial charge in [-0.2, -0.15) is 0 Å². The number of likely N-dealkylation sites (tertiary alicyclic amines) is 1. The molecule has 176 valence electrons. The van der Waals surface area contributed by atoms with Crippen molar-refractivity contribution >= 4 is 51.8 Å². The molecule has 1 aliphatic heterocycles. The molecule has 0 unspecified atom stereocenters. The lowest BCUT2D eigenvalue weighted by Gasteiger charge is -2.34. The first-order valence-corrected chi connectivity index (χ1v) is 11.9. The highest BCUT2D eigenvalue weighted by Crippen LogP contribution is 2.34. The molecule has 1 aliphatic carbocycles. The Kier molecular flexibility index (Phi) is 6.24. The monoisotopic (exact) mass is 480 g/mol. The fourth-order valence-electron chi connectivity index (χ4n) is 4.86. The lowest BCUT2D eigenvalue weighted by Crippen LogP contribution is -2.40. The van der Waals surface area contributed by atoms with Crippen molar-refractivity contribution in [2.45, 2.75) is 44.6 Å². The summed E-state index contributed by atoms with van der Waals surface area (Å²) in [4.78, 5) is 44.5. The number of furan rings is 1. The highest BCUT2D eigenvalue weighted by atomic mass is 35.5. The highest BCUT2D eigenvalue weighted by Gasteiger charge is 2.34. The molecule has 8 nitrogen and oxygen atoms in total. The fourth-order valence-corrected chi connectivity index (χ4v) is 4.98. The number of carbonyl (C=O) groups is 3. The van der Waals surface area contributed by atoms with Gasteiger partial charge in [-0.15, -0.1) is 0 Å². The first kappa shape index (κ1) is 22.4. The van der Waals surface area contributed by atoms with Gasteiger partial charge >= 0.3 is 0 Å². The van der Waals surface area contributed by atoms with Crippen LogP contribution in [0.25, 0.3) is 11.1 Å². The van der Waals surface area contributed by atoms with E-state index < -0.39 is 5.91 Å². The Balaban J connectivity index is 1.32. The molecule has 0 bridgehead atoms. The molecule has 3 heterocycles. The van der Waals surface area contributed by atoms with Crippen molar-refractivity contribution in [3.63, 3.8) is 0 Å². The van der Waals surface area contributed by atoms with Crippen LogP contribution in [0.4, 0.5) is 11.4 Å². The van der Waals surface area contributed by atoms with Crippen LogP contribution in [0.1, 0.15) is 49.1 Å². The molecule has 9 heteroatoms. The molecule has 2 fully saturated rings. The summed E-state index contributed by atoms with van der Waals surface area (Å²) in [6, 6.07) is 10.3. The SMILES string of the molecule is O=C(Nc1ccc(Cl)cc1)c1oc2cccnc2c1NC(=O)C1CCC(N2CCCC2=O)CC1. The quantitative estimate of drug-likeness (QED) is 0.543. The smallest absolute Gasteiger partial charge is 0.293 e. The van der Waals surface area contributed by atoms with Crippen LogP contribution in [0.5, 0.6) is 0 Å². The van der Waals surface area contributed by atoms with Crippen LogP contribution >= 0.6 is 11.6 Å². The zero-order chi connectivity index (χ0) is 23.7. The van der Waals surface area contributed by atoms with E-state index in [1.807, 2.05) is 4.90 Å². The fraction of sp³-hybridized carbons (Fsp3) is 0.360. The third-order valence-electron chi connectivity index (χ3n) is 6.62. The maximum Gasteiger partial charge on any atom is 0.293 e. The number of fused-ring (bicyclic) bond motifs is 1. The Hall–Kier alpha value is -3.39. The van der Waals surface area contributed by atoms with Gasteiger partial charge in [0.2, 0.25) is 17.6 Å². The largest absolute Gasteiger partial charge is 0.447 e. The summed E-state index contributed by atoms with van der Waals surface area (Å²) in [5, 5.41) is 6.25. The van der Waals surface area contributed by atoms with Crippen molar-refractivity contribution in [3.05, 3.63) is 53.4 Å². The number of anilines is 2. The predicted molar refractivity (Wildman–Crippen MR) is 129 cm³/mol. The number of pyridine rings is 1. The van der Waals surface area contributed by atoms with E-state index in [0.717, 1.165) is 25.8 Å². The van der Waals surface area contributed by atoms with Crippen molar-refractivity contribution < 1.29 is 18.8 Å². The number of carbonyl (C=O) groups excluding carboxylic acids is 3. The Bertz CT molecular complexity index is 1230. The van der Waals surface area contributed by atoms with Gasteiger partial charge in [-0.25, -0.2) is 0 Å². The van der Waals surface area contributed by atoms with Gasteiger partial charge in [0.1, 0.15) is 11.2 Å². The molecule has 34 heavy (non-hydrogen) atoms.